The van der Waals surface area contributed by atoms with Crippen LogP contribution in [0, 0.1) is 6.92 Å². The average molecular weight is 375 g/mol. The summed E-state index contributed by atoms with van der Waals surface area (Å²) in [6.45, 7) is 7.93. The van der Waals surface area contributed by atoms with Crippen molar-refractivity contribution in [2.45, 2.75) is 39.7 Å². The highest BCUT2D eigenvalue weighted by Crippen LogP contribution is 2.19. The average Bonchev–Trinajstić information content (AvgIpc) is 3.08. The molecule has 0 aliphatic carbocycles. The van der Waals surface area contributed by atoms with Gasteiger partial charge in [-0.1, -0.05) is 11.2 Å². The fourth-order valence-electron chi connectivity index (χ4n) is 2.39. The van der Waals surface area contributed by atoms with E-state index in [2.05, 4.69) is 25.8 Å². The largest absolute Gasteiger partial charge is 0.497 e. The predicted molar refractivity (Wildman–Crippen MR) is 104 cm³/mol. The third-order valence-corrected chi connectivity index (χ3v) is 3.66. The Kier molecular flexibility index (Phi) is 8.41. The fraction of sp³-hybridized carbons (Fsp3) is 0.526. The Balaban J connectivity index is 1.77. The first-order chi connectivity index (χ1) is 13.1. The van der Waals surface area contributed by atoms with Crippen LogP contribution in [0.25, 0.3) is 0 Å². The summed E-state index contributed by atoms with van der Waals surface area (Å²) < 4.78 is 16.2. The third-order valence-electron chi connectivity index (χ3n) is 3.66. The summed E-state index contributed by atoms with van der Waals surface area (Å²) in [7, 11) is 1.64. The van der Waals surface area contributed by atoms with Crippen molar-refractivity contribution in [3.05, 3.63) is 36.0 Å². The predicted octanol–water partition coefficient (Wildman–Crippen LogP) is 2.34. The number of ether oxygens (including phenoxy) is 2. The summed E-state index contributed by atoms with van der Waals surface area (Å²) in [6, 6.07) is 7.56. The molecular formula is C19H29N5O3. The fourth-order valence-corrected chi connectivity index (χ4v) is 2.39. The Morgan fingerprint density at radius 3 is 2.81 bits per heavy atom. The van der Waals surface area contributed by atoms with E-state index in [9.17, 15) is 0 Å². The number of guanidine groups is 1. The molecule has 2 rings (SSSR count). The normalized spacial score (nSPS) is 12.5. The molecule has 1 aromatic heterocycles. The van der Waals surface area contributed by atoms with Crippen molar-refractivity contribution >= 4 is 5.96 Å². The summed E-state index contributed by atoms with van der Waals surface area (Å²) >= 11 is 0. The molecule has 0 fully saturated rings. The first-order valence-electron chi connectivity index (χ1n) is 9.22. The molecule has 148 valence electrons. The molecule has 8 heteroatoms. The van der Waals surface area contributed by atoms with Crippen molar-refractivity contribution in [1.82, 2.24) is 20.8 Å². The number of aliphatic imine (C=N–C) groups is 1. The van der Waals surface area contributed by atoms with E-state index >= 15 is 0 Å². The van der Waals surface area contributed by atoms with E-state index in [1.807, 2.05) is 45.0 Å². The van der Waals surface area contributed by atoms with Gasteiger partial charge in [0.1, 0.15) is 17.6 Å². The second-order valence-electron chi connectivity index (χ2n) is 6.09. The molecule has 2 N–H and O–H groups in total. The minimum Gasteiger partial charge on any atom is -0.497 e. The Hall–Kier alpha value is -2.77. The van der Waals surface area contributed by atoms with Gasteiger partial charge in [-0.05, 0) is 39.3 Å². The van der Waals surface area contributed by atoms with Gasteiger partial charge >= 0.3 is 0 Å². The number of aromatic nitrogens is 2. The van der Waals surface area contributed by atoms with Gasteiger partial charge in [-0.15, -0.1) is 0 Å². The topological polar surface area (TPSA) is 93.8 Å². The zero-order valence-electron chi connectivity index (χ0n) is 16.5. The molecule has 0 aliphatic heterocycles. The lowest BCUT2D eigenvalue weighted by atomic mass is 10.3. The van der Waals surface area contributed by atoms with Crippen LogP contribution >= 0.6 is 0 Å². The number of benzene rings is 1. The Morgan fingerprint density at radius 1 is 1.30 bits per heavy atom. The van der Waals surface area contributed by atoms with Crippen molar-refractivity contribution in [2.24, 2.45) is 4.99 Å². The van der Waals surface area contributed by atoms with Gasteiger partial charge in [0.2, 0.25) is 5.89 Å². The van der Waals surface area contributed by atoms with Gasteiger partial charge in [0.15, 0.2) is 11.8 Å². The number of hydrogen-bond donors (Lipinski definition) is 2. The summed E-state index contributed by atoms with van der Waals surface area (Å²) in [6.07, 6.45) is 1.55. The van der Waals surface area contributed by atoms with Gasteiger partial charge in [0.05, 0.1) is 13.7 Å². The summed E-state index contributed by atoms with van der Waals surface area (Å²) in [5.74, 6) is 3.63. The van der Waals surface area contributed by atoms with Gasteiger partial charge < -0.3 is 24.6 Å². The van der Waals surface area contributed by atoms with Gasteiger partial charge in [-0.3, -0.25) is 0 Å². The number of nitrogens with zero attached hydrogens (tertiary/aromatic N) is 3. The maximum absolute atomic E-state index is 5.90. The van der Waals surface area contributed by atoms with Crippen LogP contribution in [0.3, 0.4) is 0 Å². The number of aryl methyl sites for hydroxylation is 2. The van der Waals surface area contributed by atoms with Crippen LogP contribution in [-0.2, 0) is 6.42 Å². The molecule has 27 heavy (non-hydrogen) atoms. The molecule has 0 radical (unpaired) electrons. The van der Waals surface area contributed by atoms with Gasteiger partial charge in [0.25, 0.3) is 0 Å². The molecule has 0 aliphatic rings. The molecule has 1 unspecified atom stereocenters. The SMILES string of the molecule is CCNC(=NCC(C)Oc1cccc(OC)c1)NCCCc1nc(C)no1. The lowest BCUT2D eigenvalue weighted by Gasteiger charge is -2.15. The Bertz CT molecular complexity index is 717. The molecule has 1 heterocycles. The van der Waals surface area contributed by atoms with Gasteiger partial charge in [0, 0.05) is 25.6 Å². The van der Waals surface area contributed by atoms with Crippen molar-refractivity contribution in [1.29, 1.82) is 0 Å². The lowest BCUT2D eigenvalue weighted by Crippen LogP contribution is -2.38. The zero-order valence-corrected chi connectivity index (χ0v) is 16.5. The van der Waals surface area contributed by atoms with Crippen molar-refractivity contribution < 1.29 is 14.0 Å². The monoisotopic (exact) mass is 375 g/mol. The minimum atomic E-state index is -0.0612. The summed E-state index contributed by atoms with van der Waals surface area (Å²) in [5.41, 5.74) is 0. The van der Waals surface area contributed by atoms with Crippen LogP contribution in [0.2, 0.25) is 0 Å². The van der Waals surface area contributed by atoms with Crippen molar-refractivity contribution in [2.75, 3.05) is 26.7 Å². The highest BCUT2D eigenvalue weighted by Gasteiger charge is 2.06. The molecular weight excluding hydrogens is 346 g/mol. The molecule has 0 amide bonds. The van der Waals surface area contributed by atoms with E-state index in [0.29, 0.717) is 18.3 Å². The van der Waals surface area contributed by atoms with Gasteiger partial charge in [-0.25, -0.2) is 4.99 Å². The number of methoxy groups -OCH3 is 1. The van der Waals surface area contributed by atoms with Gasteiger partial charge in [-0.2, -0.15) is 4.98 Å². The second kappa shape index (κ2) is 11.1. The van der Waals surface area contributed by atoms with Crippen LogP contribution in [0.15, 0.2) is 33.8 Å². The molecule has 8 nitrogen and oxygen atoms in total. The van der Waals surface area contributed by atoms with Crippen LogP contribution < -0.4 is 20.1 Å². The first kappa shape index (κ1) is 20.5. The minimum absolute atomic E-state index is 0.0612. The maximum atomic E-state index is 5.90. The molecule has 0 bridgehead atoms. The third kappa shape index (κ3) is 7.55. The summed E-state index contributed by atoms with van der Waals surface area (Å²) in [5, 5.41) is 10.3. The molecule has 0 saturated carbocycles. The van der Waals surface area contributed by atoms with E-state index < -0.39 is 0 Å². The van der Waals surface area contributed by atoms with E-state index in [-0.39, 0.29) is 6.10 Å². The molecule has 0 spiro atoms. The Labute approximate surface area is 160 Å². The maximum Gasteiger partial charge on any atom is 0.226 e. The standard InChI is InChI=1S/C19H29N5O3/c1-5-20-19(21-11-7-10-18-23-15(3)24-27-18)22-13-14(2)26-17-9-6-8-16(12-17)25-4/h6,8-9,12,14H,5,7,10-11,13H2,1-4H3,(H2,20,21,22). The van der Waals surface area contributed by atoms with Crippen LogP contribution in [-0.4, -0.2) is 48.9 Å². The molecule has 2 aromatic rings. The second-order valence-corrected chi connectivity index (χ2v) is 6.09. The summed E-state index contributed by atoms with van der Waals surface area (Å²) in [4.78, 5) is 8.79. The van der Waals surface area contributed by atoms with E-state index in [1.54, 1.807) is 7.11 Å². The first-order valence-corrected chi connectivity index (χ1v) is 9.22. The quantitative estimate of drug-likeness (QED) is 0.374. The van der Waals surface area contributed by atoms with Crippen molar-refractivity contribution in [3.8, 4) is 11.5 Å². The molecule has 0 saturated heterocycles. The zero-order chi connectivity index (χ0) is 19.5. The smallest absolute Gasteiger partial charge is 0.226 e. The molecule has 1 aromatic carbocycles. The number of hydrogen-bond acceptors (Lipinski definition) is 6. The van der Waals surface area contributed by atoms with Crippen molar-refractivity contribution in [3.63, 3.8) is 0 Å². The number of rotatable bonds is 10. The van der Waals surface area contributed by atoms with Crippen LogP contribution in [0.1, 0.15) is 32.0 Å². The van der Waals surface area contributed by atoms with E-state index in [4.69, 9.17) is 14.0 Å². The van der Waals surface area contributed by atoms with E-state index in [0.717, 1.165) is 43.4 Å². The highest BCUT2D eigenvalue weighted by atomic mass is 16.5. The highest BCUT2D eigenvalue weighted by molar-refractivity contribution is 5.79. The number of nitrogens with one attached hydrogen (secondary N) is 2. The lowest BCUT2D eigenvalue weighted by molar-refractivity contribution is 0.229. The Morgan fingerprint density at radius 2 is 2.11 bits per heavy atom. The molecule has 1 atom stereocenters. The van der Waals surface area contributed by atoms with Crippen LogP contribution in [0.5, 0.6) is 11.5 Å². The van der Waals surface area contributed by atoms with Crippen LogP contribution in [0.4, 0.5) is 0 Å². The van der Waals surface area contributed by atoms with E-state index in [1.165, 1.54) is 0 Å².